The molecule has 0 heterocycles. The third-order valence-electron chi connectivity index (χ3n) is 3.18. The van der Waals surface area contributed by atoms with Gasteiger partial charge in [-0.25, -0.2) is 9.18 Å². The summed E-state index contributed by atoms with van der Waals surface area (Å²) in [4.78, 5) is 24.1. The van der Waals surface area contributed by atoms with Crippen molar-refractivity contribution in [1.29, 1.82) is 0 Å². The fraction of sp³-hybridized carbons (Fsp3) is 0.176. The minimum Gasteiger partial charge on any atom is -0.454 e. The maximum absolute atomic E-state index is 13.2. The minimum atomic E-state index is -0.745. The maximum atomic E-state index is 13.2. The molecule has 0 bridgehead atoms. The van der Waals surface area contributed by atoms with Gasteiger partial charge in [-0.05, 0) is 59.6 Å². The molecule has 5 heteroatoms. The maximum Gasteiger partial charge on any atom is 0.339 e. The lowest BCUT2D eigenvalue weighted by molar-refractivity contribution is 0.0473. The molecule has 0 aliphatic heterocycles. The van der Waals surface area contributed by atoms with E-state index in [2.05, 4.69) is 15.9 Å². The van der Waals surface area contributed by atoms with Crippen LogP contribution in [0.25, 0.3) is 0 Å². The first kappa shape index (κ1) is 16.4. The van der Waals surface area contributed by atoms with Gasteiger partial charge in [0.1, 0.15) is 5.82 Å². The Bertz CT molecular complexity index is 677. The van der Waals surface area contributed by atoms with Crippen molar-refractivity contribution in [2.75, 3.05) is 6.61 Å². The van der Waals surface area contributed by atoms with E-state index in [-0.39, 0.29) is 18.0 Å². The van der Waals surface area contributed by atoms with Gasteiger partial charge in [-0.3, -0.25) is 4.79 Å². The molecule has 0 spiro atoms. The Labute approximate surface area is 136 Å². The molecule has 0 unspecified atom stereocenters. The number of benzene rings is 2. The number of esters is 1. The molecular formula is C17H14BrFO3. The van der Waals surface area contributed by atoms with Gasteiger partial charge in [0.15, 0.2) is 6.61 Å². The van der Waals surface area contributed by atoms with Crippen LogP contribution in [0.15, 0.2) is 40.9 Å². The Hall–Kier alpha value is -2.01. The highest BCUT2D eigenvalue weighted by Gasteiger charge is 2.16. The van der Waals surface area contributed by atoms with E-state index >= 15 is 0 Å². The smallest absolute Gasteiger partial charge is 0.339 e. The zero-order chi connectivity index (χ0) is 16.3. The second kappa shape index (κ2) is 6.83. The first-order valence-electron chi connectivity index (χ1n) is 6.61. The summed E-state index contributed by atoms with van der Waals surface area (Å²) in [6.07, 6.45) is 0. The lowest BCUT2D eigenvalue weighted by Gasteiger charge is -2.08. The van der Waals surface area contributed by atoms with E-state index in [0.29, 0.717) is 10.0 Å². The highest BCUT2D eigenvalue weighted by Crippen LogP contribution is 2.19. The summed E-state index contributed by atoms with van der Waals surface area (Å²) in [5.74, 6) is -1.58. The van der Waals surface area contributed by atoms with E-state index in [4.69, 9.17) is 4.74 Å². The van der Waals surface area contributed by atoms with Crippen LogP contribution in [0.4, 0.5) is 4.39 Å². The van der Waals surface area contributed by atoms with Crippen molar-refractivity contribution in [3.63, 3.8) is 0 Å². The van der Waals surface area contributed by atoms with Crippen molar-refractivity contribution >= 4 is 27.7 Å². The second-order valence-electron chi connectivity index (χ2n) is 4.94. The summed E-state index contributed by atoms with van der Waals surface area (Å²) in [6, 6.07) is 9.20. The number of carbonyl (C=O) groups is 2. The zero-order valence-electron chi connectivity index (χ0n) is 12.2. The van der Waals surface area contributed by atoms with Gasteiger partial charge in [0.2, 0.25) is 5.78 Å². The molecule has 2 rings (SSSR count). The van der Waals surface area contributed by atoms with Crippen LogP contribution in [0.1, 0.15) is 31.8 Å². The number of hydrogen-bond acceptors (Lipinski definition) is 3. The SMILES string of the molecule is Cc1ccc(C)c(C(=O)COC(=O)c2cc(F)ccc2Br)c1. The Morgan fingerprint density at radius 1 is 1.09 bits per heavy atom. The average molecular weight is 365 g/mol. The van der Waals surface area contributed by atoms with Crippen molar-refractivity contribution in [3.8, 4) is 0 Å². The number of ether oxygens (including phenoxy) is 1. The van der Waals surface area contributed by atoms with E-state index in [0.717, 1.165) is 17.2 Å². The van der Waals surface area contributed by atoms with Gasteiger partial charge in [-0.15, -0.1) is 0 Å². The Balaban J connectivity index is 2.09. The van der Waals surface area contributed by atoms with Crippen molar-refractivity contribution in [2.24, 2.45) is 0 Å². The molecule has 22 heavy (non-hydrogen) atoms. The molecule has 0 aliphatic rings. The first-order chi connectivity index (χ1) is 10.4. The molecule has 114 valence electrons. The van der Waals surface area contributed by atoms with Gasteiger partial charge in [0.25, 0.3) is 0 Å². The van der Waals surface area contributed by atoms with Crippen LogP contribution in [0.5, 0.6) is 0 Å². The molecule has 0 aromatic heterocycles. The summed E-state index contributed by atoms with van der Waals surface area (Å²) < 4.78 is 18.6. The molecule has 0 fully saturated rings. The molecule has 0 radical (unpaired) electrons. The van der Waals surface area contributed by atoms with Gasteiger partial charge >= 0.3 is 5.97 Å². The Morgan fingerprint density at radius 2 is 1.82 bits per heavy atom. The van der Waals surface area contributed by atoms with Gasteiger partial charge in [0, 0.05) is 10.0 Å². The van der Waals surface area contributed by atoms with Crippen molar-refractivity contribution in [1.82, 2.24) is 0 Å². The number of rotatable bonds is 4. The van der Waals surface area contributed by atoms with E-state index in [9.17, 15) is 14.0 Å². The molecular weight excluding hydrogens is 351 g/mol. The summed E-state index contributed by atoms with van der Waals surface area (Å²) in [6.45, 7) is 3.32. The fourth-order valence-corrected chi connectivity index (χ4v) is 2.39. The van der Waals surface area contributed by atoms with Crippen LogP contribution >= 0.6 is 15.9 Å². The number of carbonyl (C=O) groups excluding carboxylic acids is 2. The zero-order valence-corrected chi connectivity index (χ0v) is 13.7. The predicted molar refractivity (Wildman–Crippen MR) is 84.6 cm³/mol. The molecule has 0 atom stereocenters. The van der Waals surface area contributed by atoms with Crippen molar-refractivity contribution in [3.05, 3.63) is 68.9 Å². The van der Waals surface area contributed by atoms with Crippen LogP contribution < -0.4 is 0 Å². The topological polar surface area (TPSA) is 43.4 Å². The molecule has 0 amide bonds. The Kier molecular flexibility index (Phi) is 5.08. The van der Waals surface area contributed by atoms with E-state index in [1.54, 1.807) is 6.07 Å². The van der Waals surface area contributed by atoms with E-state index in [1.807, 2.05) is 26.0 Å². The average Bonchev–Trinajstić information content (AvgIpc) is 2.49. The molecule has 2 aromatic rings. The number of hydrogen-bond donors (Lipinski definition) is 0. The highest BCUT2D eigenvalue weighted by atomic mass is 79.9. The normalized spacial score (nSPS) is 10.4. The van der Waals surface area contributed by atoms with Crippen molar-refractivity contribution < 1.29 is 18.7 Å². The lowest BCUT2D eigenvalue weighted by Crippen LogP contribution is -2.15. The molecule has 0 N–H and O–H groups in total. The Morgan fingerprint density at radius 3 is 2.55 bits per heavy atom. The van der Waals surface area contributed by atoms with Gasteiger partial charge < -0.3 is 4.74 Å². The summed E-state index contributed by atoms with van der Waals surface area (Å²) in [5, 5.41) is 0. The summed E-state index contributed by atoms with van der Waals surface area (Å²) in [5.41, 5.74) is 2.34. The van der Waals surface area contributed by atoms with Crippen LogP contribution in [0, 0.1) is 19.7 Å². The van der Waals surface area contributed by atoms with Crippen LogP contribution in [-0.2, 0) is 4.74 Å². The lowest BCUT2D eigenvalue weighted by atomic mass is 10.0. The first-order valence-corrected chi connectivity index (χ1v) is 7.40. The molecule has 0 aliphatic carbocycles. The van der Waals surface area contributed by atoms with Crippen molar-refractivity contribution in [2.45, 2.75) is 13.8 Å². The van der Waals surface area contributed by atoms with E-state index < -0.39 is 11.8 Å². The molecule has 0 saturated carbocycles. The number of aryl methyl sites for hydroxylation is 2. The van der Waals surface area contributed by atoms with Gasteiger partial charge in [-0.1, -0.05) is 17.7 Å². The van der Waals surface area contributed by atoms with Crippen LogP contribution in [0.2, 0.25) is 0 Å². The standard InChI is InChI=1S/C17H14BrFO3/c1-10-3-4-11(2)13(7-10)16(20)9-22-17(21)14-8-12(19)5-6-15(14)18/h3-8H,9H2,1-2H3. The monoisotopic (exact) mass is 364 g/mol. The summed E-state index contributed by atoms with van der Waals surface area (Å²) >= 11 is 3.15. The van der Waals surface area contributed by atoms with E-state index in [1.165, 1.54) is 12.1 Å². The third kappa shape index (κ3) is 3.80. The number of halogens is 2. The second-order valence-corrected chi connectivity index (χ2v) is 5.80. The number of Topliss-reactive ketones (excluding diaryl/α,β-unsaturated/α-hetero) is 1. The largest absolute Gasteiger partial charge is 0.454 e. The number of ketones is 1. The molecule has 2 aromatic carbocycles. The fourth-order valence-electron chi connectivity index (χ4n) is 1.98. The highest BCUT2D eigenvalue weighted by molar-refractivity contribution is 9.10. The van der Waals surface area contributed by atoms with Crippen LogP contribution in [0.3, 0.4) is 0 Å². The summed E-state index contributed by atoms with van der Waals surface area (Å²) in [7, 11) is 0. The van der Waals surface area contributed by atoms with Gasteiger partial charge in [-0.2, -0.15) is 0 Å². The third-order valence-corrected chi connectivity index (χ3v) is 3.87. The predicted octanol–water partition coefficient (Wildman–Crippen LogP) is 4.24. The van der Waals surface area contributed by atoms with Crippen LogP contribution in [-0.4, -0.2) is 18.4 Å². The minimum absolute atomic E-state index is 0.0498. The quantitative estimate of drug-likeness (QED) is 0.601. The molecule has 0 saturated heterocycles. The van der Waals surface area contributed by atoms with Gasteiger partial charge in [0.05, 0.1) is 5.56 Å². The molecule has 3 nitrogen and oxygen atoms in total.